The Kier molecular flexibility index (Phi) is 3.85. The summed E-state index contributed by atoms with van der Waals surface area (Å²) in [5, 5.41) is 2.79. The van der Waals surface area contributed by atoms with E-state index in [9.17, 15) is 17.6 Å². The van der Waals surface area contributed by atoms with E-state index in [1.54, 1.807) is 20.9 Å². The number of alkyl halides is 3. The highest BCUT2D eigenvalue weighted by molar-refractivity contribution is 5.64. The number of aromatic nitrogens is 2. The van der Waals surface area contributed by atoms with E-state index in [1.165, 1.54) is 0 Å². The number of nitrogens with zero attached hydrogens (tertiary/aromatic N) is 2. The molecular formula is C14H13F4N3. The SMILES string of the molecule is CNc1nc(-c2cc(F)ccc2C(F)(F)F)nc(C)c1C. The summed E-state index contributed by atoms with van der Waals surface area (Å²) in [6, 6.07) is 2.26. The largest absolute Gasteiger partial charge is 0.417 e. The molecule has 0 aliphatic heterocycles. The highest BCUT2D eigenvalue weighted by Gasteiger charge is 2.34. The first-order valence-corrected chi connectivity index (χ1v) is 6.14. The summed E-state index contributed by atoms with van der Waals surface area (Å²) in [5.41, 5.74) is -0.0794. The number of nitrogens with one attached hydrogen (secondary N) is 1. The molecule has 0 amide bonds. The minimum atomic E-state index is -4.61. The Morgan fingerprint density at radius 1 is 1.10 bits per heavy atom. The van der Waals surface area contributed by atoms with Crippen molar-refractivity contribution in [2.75, 3.05) is 12.4 Å². The summed E-state index contributed by atoms with van der Waals surface area (Å²) in [7, 11) is 1.61. The molecule has 3 nitrogen and oxygen atoms in total. The van der Waals surface area contributed by atoms with Crippen molar-refractivity contribution in [1.82, 2.24) is 9.97 Å². The van der Waals surface area contributed by atoms with E-state index in [0.29, 0.717) is 17.6 Å². The summed E-state index contributed by atoms with van der Waals surface area (Å²) in [4.78, 5) is 8.10. The Morgan fingerprint density at radius 2 is 1.76 bits per heavy atom. The Morgan fingerprint density at radius 3 is 2.33 bits per heavy atom. The highest BCUT2D eigenvalue weighted by Crippen LogP contribution is 2.36. The van der Waals surface area contributed by atoms with Crippen molar-refractivity contribution >= 4 is 5.82 Å². The molecule has 0 saturated heterocycles. The molecule has 1 aromatic carbocycles. The Balaban J connectivity index is 2.72. The van der Waals surface area contributed by atoms with Crippen LogP contribution in [0.2, 0.25) is 0 Å². The van der Waals surface area contributed by atoms with E-state index < -0.39 is 17.6 Å². The Hall–Kier alpha value is -2.18. The van der Waals surface area contributed by atoms with Crippen LogP contribution in [0.25, 0.3) is 11.4 Å². The molecule has 1 N–H and O–H groups in total. The zero-order valence-corrected chi connectivity index (χ0v) is 11.6. The lowest BCUT2D eigenvalue weighted by Crippen LogP contribution is -2.10. The fourth-order valence-electron chi connectivity index (χ4n) is 1.94. The summed E-state index contributed by atoms with van der Waals surface area (Å²) in [5.74, 6) is -0.519. The second-order valence-corrected chi connectivity index (χ2v) is 4.54. The van der Waals surface area contributed by atoms with Gasteiger partial charge in [-0.05, 0) is 32.0 Å². The fourth-order valence-corrected chi connectivity index (χ4v) is 1.94. The molecule has 0 saturated carbocycles. The lowest BCUT2D eigenvalue weighted by Gasteiger charge is -2.14. The molecule has 1 heterocycles. The second kappa shape index (κ2) is 5.31. The molecule has 2 aromatic rings. The molecule has 0 radical (unpaired) electrons. The average Bonchev–Trinajstić information content (AvgIpc) is 2.40. The van der Waals surface area contributed by atoms with Crippen molar-refractivity contribution in [3.63, 3.8) is 0 Å². The highest BCUT2D eigenvalue weighted by atomic mass is 19.4. The van der Waals surface area contributed by atoms with Crippen molar-refractivity contribution in [2.45, 2.75) is 20.0 Å². The topological polar surface area (TPSA) is 37.8 Å². The number of benzene rings is 1. The van der Waals surface area contributed by atoms with Gasteiger partial charge >= 0.3 is 6.18 Å². The monoisotopic (exact) mass is 299 g/mol. The van der Waals surface area contributed by atoms with Gasteiger partial charge in [0.2, 0.25) is 0 Å². The smallest absolute Gasteiger partial charge is 0.373 e. The molecule has 0 fully saturated rings. The van der Waals surface area contributed by atoms with Gasteiger partial charge in [-0.15, -0.1) is 0 Å². The minimum absolute atomic E-state index is 0.158. The van der Waals surface area contributed by atoms with Crippen molar-refractivity contribution < 1.29 is 17.6 Å². The first-order chi connectivity index (χ1) is 9.74. The molecule has 112 valence electrons. The van der Waals surface area contributed by atoms with E-state index in [-0.39, 0.29) is 11.4 Å². The van der Waals surface area contributed by atoms with Gasteiger partial charge in [-0.1, -0.05) is 0 Å². The molecule has 2 rings (SSSR count). The normalized spacial score (nSPS) is 11.6. The van der Waals surface area contributed by atoms with Crippen LogP contribution in [0.1, 0.15) is 16.8 Å². The van der Waals surface area contributed by atoms with Gasteiger partial charge in [0.1, 0.15) is 11.6 Å². The molecule has 0 spiro atoms. The lowest BCUT2D eigenvalue weighted by atomic mass is 10.1. The van der Waals surface area contributed by atoms with Gasteiger partial charge in [0, 0.05) is 23.9 Å². The standard InChI is InChI=1S/C14H13F4N3/c1-7-8(2)20-13(21-12(7)19-3)10-6-9(15)4-5-11(10)14(16,17)18/h4-6H,1-3H3,(H,19,20,21). The van der Waals surface area contributed by atoms with Crippen LogP contribution < -0.4 is 5.32 Å². The summed E-state index contributed by atoms with van der Waals surface area (Å²) >= 11 is 0. The number of anilines is 1. The lowest BCUT2D eigenvalue weighted by molar-refractivity contribution is -0.137. The zero-order chi connectivity index (χ0) is 15.8. The van der Waals surface area contributed by atoms with Crippen LogP contribution in [0.5, 0.6) is 0 Å². The van der Waals surface area contributed by atoms with E-state index in [2.05, 4.69) is 15.3 Å². The van der Waals surface area contributed by atoms with Crippen LogP contribution >= 0.6 is 0 Å². The molecule has 0 atom stereocenters. The van der Waals surface area contributed by atoms with Gasteiger partial charge in [-0.3, -0.25) is 0 Å². The maximum absolute atomic E-state index is 13.3. The van der Waals surface area contributed by atoms with Crippen LogP contribution in [0, 0.1) is 19.7 Å². The van der Waals surface area contributed by atoms with E-state index in [1.807, 2.05) is 0 Å². The van der Waals surface area contributed by atoms with Crippen molar-refractivity contribution in [1.29, 1.82) is 0 Å². The van der Waals surface area contributed by atoms with Gasteiger partial charge in [-0.25, -0.2) is 14.4 Å². The quantitative estimate of drug-likeness (QED) is 0.853. The summed E-state index contributed by atoms with van der Waals surface area (Å²) < 4.78 is 52.4. The first-order valence-electron chi connectivity index (χ1n) is 6.14. The van der Waals surface area contributed by atoms with Crippen LogP contribution in [-0.2, 0) is 6.18 Å². The molecule has 1 aromatic heterocycles. The van der Waals surface area contributed by atoms with Gasteiger partial charge in [0.05, 0.1) is 5.56 Å². The van der Waals surface area contributed by atoms with Crippen molar-refractivity contribution in [2.24, 2.45) is 0 Å². The summed E-state index contributed by atoms with van der Waals surface area (Å²) in [6.45, 7) is 3.41. The molecular weight excluding hydrogens is 286 g/mol. The number of halogens is 4. The van der Waals surface area contributed by atoms with Crippen molar-refractivity contribution in [3.8, 4) is 11.4 Å². The molecule has 21 heavy (non-hydrogen) atoms. The van der Waals surface area contributed by atoms with E-state index in [0.717, 1.165) is 17.7 Å². The molecule has 7 heteroatoms. The van der Waals surface area contributed by atoms with Crippen LogP contribution in [0.4, 0.5) is 23.4 Å². The van der Waals surface area contributed by atoms with Crippen LogP contribution in [0.15, 0.2) is 18.2 Å². The maximum Gasteiger partial charge on any atom is 0.417 e. The minimum Gasteiger partial charge on any atom is -0.373 e. The predicted octanol–water partition coefficient (Wildman–Crippen LogP) is 3.96. The fraction of sp³-hybridized carbons (Fsp3) is 0.286. The zero-order valence-electron chi connectivity index (χ0n) is 11.6. The third-order valence-corrected chi connectivity index (χ3v) is 3.15. The predicted molar refractivity (Wildman–Crippen MR) is 71.4 cm³/mol. The van der Waals surface area contributed by atoms with Gasteiger partial charge in [0.15, 0.2) is 5.82 Å². The van der Waals surface area contributed by atoms with E-state index in [4.69, 9.17) is 0 Å². The molecule has 0 aliphatic rings. The van der Waals surface area contributed by atoms with Crippen LogP contribution in [-0.4, -0.2) is 17.0 Å². The Labute approximate surface area is 119 Å². The maximum atomic E-state index is 13.3. The first kappa shape index (κ1) is 15.2. The molecule has 0 aliphatic carbocycles. The number of hydrogen-bond donors (Lipinski definition) is 1. The second-order valence-electron chi connectivity index (χ2n) is 4.54. The van der Waals surface area contributed by atoms with Crippen molar-refractivity contribution in [3.05, 3.63) is 40.8 Å². The molecule has 0 unspecified atom stereocenters. The average molecular weight is 299 g/mol. The van der Waals surface area contributed by atoms with Gasteiger partial charge < -0.3 is 5.32 Å². The number of aryl methyl sites for hydroxylation is 1. The number of hydrogen-bond acceptors (Lipinski definition) is 3. The Bertz CT molecular complexity index is 681. The van der Waals surface area contributed by atoms with Crippen LogP contribution in [0.3, 0.4) is 0 Å². The van der Waals surface area contributed by atoms with E-state index >= 15 is 0 Å². The van der Waals surface area contributed by atoms with Gasteiger partial charge in [0.25, 0.3) is 0 Å². The third kappa shape index (κ3) is 2.96. The number of rotatable bonds is 2. The third-order valence-electron chi connectivity index (χ3n) is 3.15. The summed E-state index contributed by atoms with van der Waals surface area (Å²) in [6.07, 6.45) is -4.61. The van der Waals surface area contributed by atoms with Gasteiger partial charge in [-0.2, -0.15) is 13.2 Å². The molecule has 0 bridgehead atoms.